The molecular weight excluding hydrogens is 172 g/mol. The topological polar surface area (TPSA) is 27.8 Å². The summed E-state index contributed by atoms with van der Waals surface area (Å²) in [7, 11) is 0. The molecule has 1 aromatic heterocycles. The van der Waals surface area contributed by atoms with Crippen molar-refractivity contribution >= 4 is 11.6 Å². The Bertz CT molecular complexity index is 251. The van der Waals surface area contributed by atoms with Crippen LogP contribution in [0, 0.1) is 0 Å². The molecule has 12 heavy (non-hydrogen) atoms. The molecule has 0 aliphatic carbocycles. The van der Waals surface area contributed by atoms with Crippen LogP contribution in [0.5, 0.6) is 0 Å². The van der Waals surface area contributed by atoms with Crippen LogP contribution < -0.4 is 5.32 Å². The minimum Gasteiger partial charge on any atom is -0.352 e. The molecule has 1 fully saturated rings. The van der Waals surface area contributed by atoms with Crippen LogP contribution in [0.4, 0.5) is 0 Å². The average molecular weight is 185 g/mol. The third-order valence-electron chi connectivity index (χ3n) is 2.46. The van der Waals surface area contributed by atoms with Crippen molar-refractivity contribution < 1.29 is 0 Å². The molecule has 66 valence electrons. The first-order chi connectivity index (χ1) is 5.88. The van der Waals surface area contributed by atoms with Crippen molar-refractivity contribution in [2.75, 3.05) is 13.1 Å². The summed E-state index contributed by atoms with van der Waals surface area (Å²) in [4.78, 5) is 3.00. The summed E-state index contributed by atoms with van der Waals surface area (Å²) in [5.41, 5.74) is 1.27. The lowest BCUT2D eigenvalue weighted by molar-refractivity contribution is 0.462. The summed E-state index contributed by atoms with van der Waals surface area (Å²) in [5.74, 6) is 0.609. The second-order valence-electron chi connectivity index (χ2n) is 3.29. The molecule has 1 saturated heterocycles. The van der Waals surface area contributed by atoms with Crippen LogP contribution in [0.1, 0.15) is 24.3 Å². The van der Waals surface area contributed by atoms with Gasteiger partial charge in [-0.1, -0.05) is 11.6 Å². The lowest BCUT2D eigenvalue weighted by Gasteiger charge is -2.22. The summed E-state index contributed by atoms with van der Waals surface area (Å²) in [5, 5.41) is 4.19. The monoisotopic (exact) mass is 184 g/mol. The van der Waals surface area contributed by atoms with Gasteiger partial charge in [0.15, 0.2) is 0 Å². The van der Waals surface area contributed by atoms with Gasteiger partial charge in [-0.25, -0.2) is 0 Å². The molecular formula is C9H13ClN2. The maximum absolute atomic E-state index is 5.99. The molecule has 2 rings (SSSR count). The summed E-state index contributed by atoms with van der Waals surface area (Å²) in [6.45, 7) is 2.22. The van der Waals surface area contributed by atoms with Crippen LogP contribution in [0.25, 0.3) is 0 Å². The van der Waals surface area contributed by atoms with Crippen LogP contribution in [0.2, 0.25) is 5.15 Å². The Morgan fingerprint density at radius 1 is 1.50 bits per heavy atom. The first kappa shape index (κ1) is 8.14. The molecule has 2 N–H and O–H groups in total. The fourth-order valence-electron chi connectivity index (χ4n) is 1.79. The Morgan fingerprint density at radius 3 is 3.00 bits per heavy atom. The second-order valence-corrected chi connectivity index (χ2v) is 3.67. The zero-order chi connectivity index (χ0) is 8.39. The van der Waals surface area contributed by atoms with E-state index in [1.165, 1.54) is 18.4 Å². The zero-order valence-electron chi connectivity index (χ0n) is 6.94. The minimum atomic E-state index is 0.609. The number of aromatic nitrogens is 1. The first-order valence-corrected chi connectivity index (χ1v) is 4.79. The van der Waals surface area contributed by atoms with Gasteiger partial charge in [0, 0.05) is 12.7 Å². The molecule has 0 spiro atoms. The van der Waals surface area contributed by atoms with Crippen molar-refractivity contribution in [3.63, 3.8) is 0 Å². The summed E-state index contributed by atoms with van der Waals surface area (Å²) < 4.78 is 0. The van der Waals surface area contributed by atoms with Crippen molar-refractivity contribution in [3.05, 3.63) is 23.0 Å². The van der Waals surface area contributed by atoms with Gasteiger partial charge in [0.05, 0.1) is 0 Å². The molecule has 0 aromatic carbocycles. The normalized spacial score (nSPS) is 24.2. The number of aromatic amines is 1. The van der Waals surface area contributed by atoms with E-state index >= 15 is 0 Å². The van der Waals surface area contributed by atoms with Crippen molar-refractivity contribution in [2.24, 2.45) is 0 Å². The number of piperidine rings is 1. The zero-order valence-corrected chi connectivity index (χ0v) is 7.69. The number of nitrogens with one attached hydrogen (secondary N) is 2. The highest BCUT2D eigenvalue weighted by Crippen LogP contribution is 2.28. The van der Waals surface area contributed by atoms with E-state index in [1.54, 1.807) is 0 Å². The molecule has 1 aliphatic heterocycles. The number of rotatable bonds is 1. The third kappa shape index (κ3) is 1.50. The summed E-state index contributed by atoms with van der Waals surface area (Å²) >= 11 is 5.99. The SMILES string of the molecule is Clc1[nH]ccc1C1CCCNC1. The molecule has 2 nitrogen and oxygen atoms in total. The Labute approximate surface area is 77.3 Å². The van der Waals surface area contributed by atoms with Gasteiger partial charge < -0.3 is 10.3 Å². The molecule has 1 aromatic rings. The Kier molecular flexibility index (Phi) is 2.38. The Hall–Kier alpha value is -0.470. The molecule has 1 unspecified atom stereocenters. The Balaban J connectivity index is 2.13. The molecule has 2 heterocycles. The number of halogens is 1. The number of hydrogen-bond donors (Lipinski definition) is 2. The number of H-pyrrole nitrogens is 1. The van der Waals surface area contributed by atoms with Crippen LogP contribution in [0.3, 0.4) is 0 Å². The van der Waals surface area contributed by atoms with Gasteiger partial charge in [0.1, 0.15) is 5.15 Å². The minimum absolute atomic E-state index is 0.609. The van der Waals surface area contributed by atoms with Gasteiger partial charge in [0.25, 0.3) is 0 Å². The molecule has 3 heteroatoms. The van der Waals surface area contributed by atoms with E-state index in [4.69, 9.17) is 11.6 Å². The van der Waals surface area contributed by atoms with Crippen LogP contribution >= 0.6 is 11.6 Å². The maximum atomic E-state index is 5.99. The highest BCUT2D eigenvalue weighted by atomic mass is 35.5. The quantitative estimate of drug-likeness (QED) is 0.688. The fraction of sp³-hybridized carbons (Fsp3) is 0.556. The van der Waals surface area contributed by atoms with Gasteiger partial charge in [-0.3, -0.25) is 0 Å². The molecule has 0 bridgehead atoms. The summed E-state index contributed by atoms with van der Waals surface area (Å²) in [6.07, 6.45) is 4.42. The highest BCUT2D eigenvalue weighted by molar-refractivity contribution is 6.30. The first-order valence-electron chi connectivity index (χ1n) is 4.41. The van der Waals surface area contributed by atoms with E-state index in [2.05, 4.69) is 16.4 Å². The van der Waals surface area contributed by atoms with Crippen LogP contribution in [-0.2, 0) is 0 Å². The van der Waals surface area contributed by atoms with Crippen molar-refractivity contribution in [2.45, 2.75) is 18.8 Å². The standard InChI is InChI=1S/C9H13ClN2/c10-9-8(3-5-12-9)7-2-1-4-11-6-7/h3,5,7,11-12H,1-2,4,6H2. The molecule has 1 atom stereocenters. The van der Waals surface area contributed by atoms with Crippen molar-refractivity contribution in [1.29, 1.82) is 0 Å². The third-order valence-corrected chi connectivity index (χ3v) is 2.79. The van der Waals surface area contributed by atoms with Crippen LogP contribution in [0.15, 0.2) is 12.3 Å². The van der Waals surface area contributed by atoms with E-state index in [-0.39, 0.29) is 0 Å². The van der Waals surface area contributed by atoms with Gasteiger partial charge in [-0.05, 0) is 36.9 Å². The maximum Gasteiger partial charge on any atom is 0.109 e. The lowest BCUT2D eigenvalue weighted by atomic mass is 9.94. The van der Waals surface area contributed by atoms with E-state index in [0.29, 0.717) is 5.92 Å². The van der Waals surface area contributed by atoms with Gasteiger partial charge in [-0.2, -0.15) is 0 Å². The smallest absolute Gasteiger partial charge is 0.109 e. The predicted octanol–water partition coefficient (Wildman–Crippen LogP) is 2.14. The van der Waals surface area contributed by atoms with Crippen molar-refractivity contribution in [3.8, 4) is 0 Å². The fourth-order valence-corrected chi connectivity index (χ4v) is 2.07. The van der Waals surface area contributed by atoms with Crippen molar-refractivity contribution in [1.82, 2.24) is 10.3 Å². The molecule has 0 amide bonds. The van der Waals surface area contributed by atoms with E-state index in [0.717, 1.165) is 18.2 Å². The predicted molar refractivity (Wildman–Crippen MR) is 50.6 cm³/mol. The van der Waals surface area contributed by atoms with Gasteiger partial charge in [-0.15, -0.1) is 0 Å². The summed E-state index contributed by atoms with van der Waals surface area (Å²) in [6, 6.07) is 2.08. The second kappa shape index (κ2) is 3.50. The van der Waals surface area contributed by atoms with E-state index in [1.807, 2.05) is 6.20 Å². The largest absolute Gasteiger partial charge is 0.352 e. The van der Waals surface area contributed by atoms with Gasteiger partial charge >= 0.3 is 0 Å². The average Bonchev–Trinajstić information content (AvgIpc) is 2.53. The molecule has 1 aliphatic rings. The molecule has 0 saturated carbocycles. The van der Waals surface area contributed by atoms with E-state index in [9.17, 15) is 0 Å². The van der Waals surface area contributed by atoms with E-state index < -0.39 is 0 Å². The Morgan fingerprint density at radius 2 is 2.42 bits per heavy atom. The highest BCUT2D eigenvalue weighted by Gasteiger charge is 2.17. The number of hydrogen-bond acceptors (Lipinski definition) is 1. The van der Waals surface area contributed by atoms with Gasteiger partial charge in [0.2, 0.25) is 0 Å². The van der Waals surface area contributed by atoms with Crippen LogP contribution in [-0.4, -0.2) is 18.1 Å². The molecule has 0 radical (unpaired) electrons. The lowest BCUT2D eigenvalue weighted by Crippen LogP contribution is -2.28.